The highest BCUT2D eigenvalue weighted by Gasteiger charge is 2.19. The van der Waals surface area contributed by atoms with Crippen LogP contribution in [-0.4, -0.2) is 18.7 Å². The number of hydrogen-bond donors (Lipinski definition) is 1. The van der Waals surface area contributed by atoms with Gasteiger partial charge < -0.3 is 8.92 Å². The Bertz CT molecular complexity index is 295. The minimum Gasteiger partial charge on any atom is -0.464 e. The lowest BCUT2D eigenvalue weighted by Crippen LogP contribution is -2.24. The lowest BCUT2D eigenvalue weighted by molar-refractivity contribution is -0.150. The van der Waals surface area contributed by atoms with Gasteiger partial charge >= 0.3 is 5.97 Å². The van der Waals surface area contributed by atoms with Crippen LogP contribution in [-0.2, 0) is 13.7 Å². The summed E-state index contributed by atoms with van der Waals surface area (Å²) in [5, 5.41) is 0. The van der Waals surface area contributed by atoms with Crippen molar-refractivity contribution >= 4 is 18.9 Å². The number of ether oxygens (including phenoxy) is 1. The molecule has 0 heterocycles. The summed E-state index contributed by atoms with van der Waals surface area (Å²) in [6, 6.07) is 0. The Labute approximate surface area is 109 Å². The smallest absolute Gasteiger partial charge is 0.336 e. The molecular formula is C13H20O3S. The van der Waals surface area contributed by atoms with E-state index in [1.54, 1.807) is 13.0 Å². The Morgan fingerprint density at radius 3 is 2.71 bits per heavy atom. The molecule has 0 rings (SSSR count). The van der Waals surface area contributed by atoms with Crippen molar-refractivity contribution in [1.29, 1.82) is 0 Å². The molecule has 1 unspecified atom stereocenters. The number of rotatable bonds is 8. The fourth-order valence-electron chi connectivity index (χ4n) is 1.22. The standard InChI is InChI=1S/C13H20O3S/c1-4-7-8-11(5-2)9-10-12(16-17)13(14)15-6-3/h4-5,7-8,12,17H,2,6,9-10H2,1,3H3/b7-4-,11-8+. The maximum atomic E-state index is 11.4. The highest BCUT2D eigenvalue weighted by Crippen LogP contribution is 2.13. The number of carbonyl (C=O) groups is 1. The molecule has 4 heteroatoms. The molecule has 0 aromatic carbocycles. The molecule has 0 aliphatic rings. The van der Waals surface area contributed by atoms with Gasteiger partial charge in [0.25, 0.3) is 0 Å². The van der Waals surface area contributed by atoms with E-state index in [9.17, 15) is 4.79 Å². The zero-order valence-corrected chi connectivity index (χ0v) is 11.3. The van der Waals surface area contributed by atoms with Gasteiger partial charge in [-0.05, 0) is 45.2 Å². The summed E-state index contributed by atoms with van der Waals surface area (Å²) in [5.74, 6) is -0.378. The van der Waals surface area contributed by atoms with E-state index in [1.165, 1.54) is 0 Å². The quantitative estimate of drug-likeness (QED) is 0.313. The van der Waals surface area contributed by atoms with E-state index in [0.29, 0.717) is 19.4 Å². The molecule has 0 radical (unpaired) electrons. The third kappa shape index (κ3) is 7.02. The normalized spacial score (nSPS) is 13.7. The van der Waals surface area contributed by atoms with Gasteiger partial charge in [0.2, 0.25) is 0 Å². The maximum absolute atomic E-state index is 11.4. The Hall–Kier alpha value is -1.00. The molecule has 3 nitrogen and oxygen atoms in total. The zero-order chi connectivity index (χ0) is 13.1. The summed E-state index contributed by atoms with van der Waals surface area (Å²) in [4.78, 5) is 11.4. The molecule has 0 aromatic heterocycles. The SMILES string of the molecule is C=C/C(=C\C=C/C)CCC(OS)C(=O)OCC. The molecule has 0 aromatic rings. The molecule has 0 saturated heterocycles. The first-order valence-electron chi connectivity index (χ1n) is 5.60. The summed E-state index contributed by atoms with van der Waals surface area (Å²) >= 11 is 3.69. The third-order valence-corrected chi connectivity index (χ3v) is 2.39. The van der Waals surface area contributed by atoms with Crippen molar-refractivity contribution < 1.29 is 13.7 Å². The highest BCUT2D eigenvalue weighted by atomic mass is 32.1. The second-order valence-electron chi connectivity index (χ2n) is 3.36. The minimum absolute atomic E-state index is 0.342. The summed E-state index contributed by atoms with van der Waals surface area (Å²) in [7, 11) is 0. The highest BCUT2D eigenvalue weighted by molar-refractivity contribution is 7.75. The predicted octanol–water partition coefficient (Wildman–Crippen LogP) is 3.25. The van der Waals surface area contributed by atoms with E-state index in [4.69, 9.17) is 8.92 Å². The molecule has 0 fully saturated rings. The van der Waals surface area contributed by atoms with E-state index in [0.717, 1.165) is 5.57 Å². The molecular weight excluding hydrogens is 236 g/mol. The molecule has 0 N–H and O–H groups in total. The van der Waals surface area contributed by atoms with E-state index >= 15 is 0 Å². The van der Waals surface area contributed by atoms with Gasteiger partial charge in [0.1, 0.15) is 0 Å². The summed E-state index contributed by atoms with van der Waals surface area (Å²) in [5.41, 5.74) is 1.04. The van der Waals surface area contributed by atoms with Crippen LogP contribution in [0.2, 0.25) is 0 Å². The fraction of sp³-hybridized carbons (Fsp3) is 0.462. The molecule has 0 saturated carbocycles. The summed E-state index contributed by atoms with van der Waals surface area (Å²) < 4.78 is 9.67. The van der Waals surface area contributed by atoms with Gasteiger partial charge in [0.05, 0.1) is 6.61 Å². The maximum Gasteiger partial charge on any atom is 0.336 e. The number of thiol groups is 1. The number of hydrogen-bond acceptors (Lipinski definition) is 4. The van der Waals surface area contributed by atoms with Crippen LogP contribution in [0.25, 0.3) is 0 Å². The average molecular weight is 256 g/mol. The van der Waals surface area contributed by atoms with Crippen molar-refractivity contribution in [2.24, 2.45) is 0 Å². The fourth-order valence-corrected chi connectivity index (χ4v) is 1.41. The van der Waals surface area contributed by atoms with Crippen molar-refractivity contribution in [3.8, 4) is 0 Å². The Kier molecular flexibility index (Phi) is 9.57. The Morgan fingerprint density at radius 1 is 1.53 bits per heavy atom. The lowest BCUT2D eigenvalue weighted by Gasteiger charge is -2.12. The minimum atomic E-state index is -0.632. The largest absolute Gasteiger partial charge is 0.464 e. The van der Waals surface area contributed by atoms with E-state index in [-0.39, 0.29) is 5.97 Å². The first kappa shape index (κ1) is 16.0. The topological polar surface area (TPSA) is 35.5 Å². The van der Waals surface area contributed by atoms with Crippen molar-refractivity contribution in [1.82, 2.24) is 0 Å². The van der Waals surface area contributed by atoms with Crippen molar-refractivity contribution in [3.05, 3.63) is 36.5 Å². The van der Waals surface area contributed by atoms with E-state index < -0.39 is 6.10 Å². The van der Waals surface area contributed by atoms with Gasteiger partial charge in [0, 0.05) is 0 Å². The van der Waals surface area contributed by atoms with Crippen molar-refractivity contribution in [2.75, 3.05) is 6.61 Å². The van der Waals surface area contributed by atoms with Crippen LogP contribution >= 0.6 is 12.9 Å². The van der Waals surface area contributed by atoms with Crippen LogP contribution in [0, 0.1) is 0 Å². The summed E-state index contributed by atoms with van der Waals surface area (Å²) in [6.45, 7) is 7.76. The van der Waals surface area contributed by atoms with E-state index in [1.807, 2.05) is 25.2 Å². The van der Waals surface area contributed by atoms with Crippen LogP contribution in [0.5, 0.6) is 0 Å². The van der Waals surface area contributed by atoms with Crippen LogP contribution < -0.4 is 0 Å². The average Bonchev–Trinajstić information content (AvgIpc) is 2.34. The van der Waals surface area contributed by atoms with Gasteiger partial charge in [-0.2, -0.15) is 0 Å². The second kappa shape index (κ2) is 10.2. The van der Waals surface area contributed by atoms with Gasteiger partial charge in [-0.1, -0.05) is 30.9 Å². The zero-order valence-electron chi connectivity index (χ0n) is 10.4. The van der Waals surface area contributed by atoms with Gasteiger partial charge in [0.15, 0.2) is 6.10 Å². The van der Waals surface area contributed by atoms with Gasteiger partial charge in [-0.3, -0.25) is 0 Å². The van der Waals surface area contributed by atoms with Crippen molar-refractivity contribution in [2.45, 2.75) is 32.8 Å². The molecule has 0 aliphatic heterocycles. The molecule has 17 heavy (non-hydrogen) atoms. The molecule has 0 amide bonds. The third-order valence-electron chi connectivity index (χ3n) is 2.14. The lowest BCUT2D eigenvalue weighted by atomic mass is 10.1. The monoisotopic (exact) mass is 256 g/mol. The molecule has 0 spiro atoms. The number of carbonyl (C=O) groups excluding carboxylic acids is 1. The van der Waals surface area contributed by atoms with Gasteiger partial charge in [-0.15, -0.1) is 0 Å². The van der Waals surface area contributed by atoms with E-state index in [2.05, 4.69) is 19.5 Å². The summed E-state index contributed by atoms with van der Waals surface area (Å²) in [6.07, 6.45) is 8.16. The first-order valence-corrected chi connectivity index (χ1v) is 5.97. The van der Waals surface area contributed by atoms with Crippen LogP contribution in [0.4, 0.5) is 0 Å². The number of allylic oxidation sites excluding steroid dienone is 5. The number of esters is 1. The van der Waals surface area contributed by atoms with Crippen LogP contribution in [0.1, 0.15) is 26.7 Å². The molecule has 0 bridgehead atoms. The predicted molar refractivity (Wildman–Crippen MR) is 72.8 cm³/mol. The molecule has 0 aliphatic carbocycles. The Balaban J connectivity index is 4.29. The first-order chi connectivity index (χ1) is 8.19. The van der Waals surface area contributed by atoms with Crippen LogP contribution in [0.15, 0.2) is 36.5 Å². The molecule has 1 atom stereocenters. The van der Waals surface area contributed by atoms with Gasteiger partial charge in [-0.25, -0.2) is 4.79 Å². The van der Waals surface area contributed by atoms with Crippen molar-refractivity contribution in [3.63, 3.8) is 0 Å². The Morgan fingerprint density at radius 2 is 2.24 bits per heavy atom. The van der Waals surface area contributed by atoms with Crippen LogP contribution in [0.3, 0.4) is 0 Å². The molecule has 96 valence electrons. The second-order valence-corrected chi connectivity index (χ2v) is 3.57.